The highest BCUT2D eigenvalue weighted by atomic mass is 79.9. The molecule has 1 aromatic carbocycles. The van der Waals surface area contributed by atoms with E-state index in [0.717, 1.165) is 39.3 Å². The summed E-state index contributed by atoms with van der Waals surface area (Å²) in [5.74, 6) is -0.273. The number of rotatable bonds is 2. The van der Waals surface area contributed by atoms with E-state index in [9.17, 15) is 18.0 Å². The molecule has 2 heterocycles. The predicted octanol–water partition coefficient (Wildman–Crippen LogP) is 3.64. The van der Waals surface area contributed by atoms with Gasteiger partial charge in [-0.25, -0.2) is 0 Å². The molecule has 122 valence electrons. The lowest BCUT2D eigenvalue weighted by Crippen LogP contribution is -2.37. The largest absolute Gasteiger partial charge is 0.435 e. The summed E-state index contributed by atoms with van der Waals surface area (Å²) in [5, 5.41) is 3.42. The van der Waals surface area contributed by atoms with Gasteiger partial charge in [0, 0.05) is 22.9 Å². The fourth-order valence-corrected chi connectivity index (χ4v) is 3.06. The number of aryl methyl sites for hydroxylation is 1. The number of halogens is 4. The van der Waals surface area contributed by atoms with Gasteiger partial charge in [0.15, 0.2) is 5.69 Å². The first kappa shape index (κ1) is 16.0. The number of hydrogen-bond acceptors (Lipinski definition) is 2. The van der Waals surface area contributed by atoms with E-state index < -0.39 is 11.9 Å². The molecular weight excluding hydrogens is 375 g/mol. The summed E-state index contributed by atoms with van der Waals surface area (Å²) in [5.41, 5.74) is 0.872. The van der Waals surface area contributed by atoms with Gasteiger partial charge in [0.25, 0.3) is 0 Å². The van der Waals surface area contributed by atoms with E-state index in [2.05, 4.69) is 21.0 Å². The van der Waals surface area contributed by atoms with Crippen LogP contribution in [0.3, 0.4) is 0 Å². The second kappa shape index (κ2) is 5.99. The first-order chi connectivity index (χ1) is 10.8. The second-order valence-electron chi connectivity index (χ2n) is 5.32. The Morgan fingerprint density at radius 1 is 1.30 bits per heavy atom. The fourth-order valence-electron chi connectivity index (χ4n) is 2.65. The molecule has 1 aromatic heterocycles. The van der Waals surface area contributed by atoms with Crippen LogP contribution in [0.15, 0.2) is 34.9 Å². The van der Waals surface area contributed by atoms with Gasteiger partial charge in [-0.1, -0.05) is 15.9 Å². The Morgan fingerprint density at radius 2 is 2.09 bits per heavy atom. The summed E-state index contributed by atoms with van der Waals surface area (Å²) in [7, 11) is 0. The lowest BCUT2D eigenvalue weighted by Gasteiger charge is -2.29. The average Bonchev–Trinajstić information content (AvgIpc) is 2.94. The van der Waals surface area contributed by atoms with Gasteiger partial charge in [0.1, 0.15) is 6.54 Å². The number of nitrogens with zero attached hydrogens (tertiary/aromatic N) is 3. The van der Waals surface area contributed by atoms with Gasteiger partial charge in [0.2, 0.25) is 5.91 Å². The summed E-state index contributed by atoms with van der Waals surface area (Å²) in [6, 6.07) is 6.53. The number of carbonyl (C=O) groups is 1. The normalized spacial score (nSPS) is 14.7. The SMILES string of the molecule is O=C(Cn1ccc(C(F)(F)F)n1)N1CCCc2cc(Br)ccc21. The summed E-state index contributed by atoms with van der Waals surface area (Å²) in [4.78, 5) is 14.1. The first-order valence-electron chi connectivity index (χ1n) is 7.04. The number of carbonyl (C=O) groups excluding carboxylic acids is 1. The number of benzene rings is 1. The third kappa shape index (κ3) is 3.41. The molecule has 2 aromatic rings. The van der Waals surface area contributed by atoms with E-state index >= 15 is 0 Å². The van der Waals surface area contributed by atoms with Crippen LogP contribution in [0.5, 0.6) is 0 Å². The van der Waals surface area contributed by atoms with Crippen molar-refractivity contribution in [3.8, 4) is 0 Å². The topological polar surface area (TPSA) is 38.1 Å². The zero-order chi connectivity index (χ0) is 16.6. The van der Waals surface area contributed by atoms with E-state index in [1.807, 2.05) is 18.2 Å². The number of fused-ring (bicyclic) bond motifs is 1. The van der Waals surface area contributed by atoms with Crippen LogP contribution in [0.4, 0.5) is 18.9 Å². The Hall–Kier alpha value is -1.83. The van der Waals surface area contributed by atoms with Crippen LogP contribution in [-0.2, 0) is 23.9 Å². The highest BCUT2D eigenvalue weighted by molar-refractivity contribution is 9.10. The molecule has 0 radical (unpaired) electrons. The highest BCUT2D eigenvalue weighted by Gasteiger charge is 2.34. The summed E-state index contributed by atoms with van der Waals surface area (Å²) in [6.45, 7) is 0.340. The minimum absolute atomic E-state index is 0.217. The molecule has 0 saturated carbocycles. The summed E-state index contributed by atoms with van der Waals surface area (Å²) in [6.07, 6.45) is -1.63. The van der Waals surface area contributed by atoms with Gasteiger partial charge in [-0.3, -0.25) is 9.48 Å². The highest BCUT2D eigenvalue weighted by Crippen LogP contribution is 2.30. The van der Waals surface area contributed by atoms with Crippen molar-refractivity contribution in [2.45, 2.75) is 25.6 Å². The Kier molecular flexibility index (Phi) is 4.18. The van der Waals surface area contributed by atoms with Crippen LogP contribution in [0.25, 0.3) is 0 Å². The molecule has 0 spiro atoms. The quantitative estimate of drug-likeness (QED) is 0.788. The van der Waals surface area contributed by atoms with E-state index in [4.69, 9.17) is 0 Å². The molecule has 0 saturated heterocycles. The molecule has 1 aliphatic heterocycles. The zero-order valence-electron chi connectivity index (χ0n) is 12.0. The van der Waals surface area contributed by atoms with Gasteiger partial charge in [0.05, 0.1) is 0 Å². The molecule has 23 heavy (non-hydrogen) atoms. The Balaban J connectivity index is 1.78. The van der Waals surface area contributed by atoms with Gasteiger partial charge >= 0.3 is 6.18 Å². The van der Waals surface area contributed by atoms with Crippen LogP contribution >= 0.6 is 15.9 Å². The summed E-state index contributed by atoms with van der Waals surface area (Å²) >= 11 is 3.40. The van der Waals surface area contributed by atoms with Crippen LogP contribution in [0.1, 0.15) is 17.7 Å². The standard InChI is InChI=1S/C15H13BrF3N3O/c16-11-3-4-12-10(8-11)2-1-6-22(12)14(23)9-21-7-5-13(20-21)15(17,18)19/h3-5,7-8H,1-2,6,9H2. The molecule has 0 unspecified atom stereocenters. The predicted molar refractivity (Wildman–Crippen MR) is 82.0 cm³/mol. The summed E-state index contributed by atoms with van der Waals surface area (Å²) < 4.78 is 39.6. The van der Waals surface area contributed by atoms with Gasteiger partial charge in [-0.05, 0) is 42.7 Å². The van der Waals surface area contributed by atoms with Crippen molar-refractivity contribution in [1.29, 1.82) is 0 Å². The zero-order valence-corrected chi connectivity index (χ0v) is 13.6. The fraction of sp³-hybridized carbons (Fsp3) is 0.333. The lowest BCUT2D eigenvalue weighted by atomic mass is 10.0. The average molecular weight is 388 g/mol. The number of aromatic nitrogens is 2. The van der Waals surface area contributed by atoms with Crippen LogP contribution in [0.2, 0.25) is 0 Å². The molecule has 0 atom stereocenters. The molecule has 4 nitrogen and oxygen atoms in total. The van der Waals surface area contributed by atoms with E-state index in [1.54, 1.807) is 4.90 Å². The lowest BCUT2D eigenvalue weighted by molar-refractivity contribution is -0.141. The maximum Gasteiger partial charge on any atom is 0.435 e. The van der Waals surface area contributed by atoms with Gasteiger partial charge in [-0.15, -0.1) is 0 Å². The number of hydrogen-bond donors (Lipinski definition) is 0. The van der Waals surface area contributed by atoms with Gasteiger partial charge < -0.3 is 4.90 Å². The Morgan fingerprint density at radius 3 is 2.78 bits per heavy atom. The molecule has 0 bridgehead atoms. The molecule has 0 fully saturated rings. The van der Waals surface area contributed by atoms with Crippen LogP contribution in [-0.4, -0.2) is 22.2 Å². The third-order valence-electron chi connectivity index (χ3n) is 3.69. The number of anilines is 1. The van der Waals surface area contributed by atoms with Crippen molar-refractivity contribution in [2.24, 2.45) is 0 Å². The molecule has 3 rings (SSSR count). The third-order valence-corrected chi connectivity index (χ3v) is 4.18. The Bertz CT molecular complexity index is 742. The first-order valence-corrected chi connectivity index (χ1v) is 7.83. The maximum absolute atomic E-state index is 12.6. The maximum atomic E-state index is 12.6. The van der Waals surface area contributed by atoms with Gasteiger partial charge in [-0.2, -0.15) is 18.3 Å². The minimum Gasteiger partial charge on any atom is -0.311 e. The van der Waals surface area contributed by atoms with Crippen molar-refractivity contribution >= 4 is 27.5 Å². The van der Waals surface area contributed by atoms with Crippen LogP contribution in [0, 0.1) is 0 Å². The van der Waals surface area contributed by atoms with E-state index in [-0.39, 0.29) is 12.5 Å². The molecule has 1 amide bonds. The molecular formula is C15H13BrF3N3O. The van der Waals surface area contributed by atoms with Crippen LogP contribution < -0.4 is 4.90 Å². The van der Waals surface area contributed by atoms with E-state index in [1.165, 1.54) is 6.20 Å². The van der Waals surface area contributed by atoms with Crippen molar-refractivity contribution in [1.82, 2.24) is 9.78 Å². The van der Waals surface area contributed by atoms with Crippen molar-refractivity contribution in [2.75, 3.05) is 11.4 Å². The monoisotopic (exact) mass is 387 g/mol. The van der Waals surface area contributed by atoms with E-state index in [0.29, 0.717) is 6.54 Å². The second-order valence-corrected chi connectivity index (χ2v) is 6.23. The van der Waals surface area contributed by atoms with Crippen molar-refractivity contribution in [3.63, 3.8) is 0 Å². The van der Waals surface area contributed by atoms with Crippen molar-refractivity contribution < 1.29 is 18.0 Å². The smallest absolute Gasteiger partial charge is 0.311 e. The molecule has 0 N–H and O–H groups in total. The number of alkyl halides is 3. The molecule has 1 aliphatic rings. The molecule has 0 aliphatic carbocycles. The van der Waals surface area contributed by atoms with Crippen molar-refractivity contribution in [3.05, 3.63) is 46.2 Å². The minimum atomic E-state index is -4.50. The number of amides is 1. The Labute approximate surface area is 139 Å². The molecule has 8 heteroatoms.